The van der Waals surface area contributed by atoms with Crippen LogP contribution in [0.3, 0.4) is 0 Å². The van der Waals surface area contributed by atoms with Crippen molar-refractivity contribution in [3.63, 3.8) is 0 Å². The van der Waals surface area contributed by atoms with Crippen LogP contribution in [0.15, 0.2) is 36.4 Å². The van der Waals surface area contributed by atoms with Gasteiger partial charge in [0.05, 0.1) is 17.4 Å². The van der Waals surface area contributed by atoms with Gasteiger partial charge in [0.2, 0.25) is 13.6 Å². The molecule has 0 heterocycles. The molecule has 8 nitrogen and oxygen atoms in total. The molecule has 8 heteroatoms. The van der Waals surface area contributed by atoms with Gasteiger partial charge in [0.25, 0.3) is 0 Å². The fourth-order valence-electron chi connectivity index (χ4n) is 4.43. The predicted molar refractivity (Wildman–Crippen MR) is 186 cm³/mol. The van der Waals surface area contributed by atoms with Crippen LogP contribution in [-0.2, 0) is 29.9 Å². The van der Waals surface area contributed by atoms with Crippen LogP contribution in [0, 0.1) is 10.8 Å². The van der Waals surface area contributed by atoms with Crippen LogP contribution in [-0.4, -0.2) is 37.9 Å². The van der Waals surface area contributed by atoms with E-state index in [1.165, 1.54) is 6.08 Å². The van der Waals surface area contributed by atoms with Crippen molar-refractivity contribution in [3.8, 4) is 17.2 Å². The highest BCUT2D eigenvalue weighted by Crippen LogP contribution is 2.49. The van der Waals surface area contributed by atoms with E-state index in [0.29, 0.717) is 29.4 Å². The SMILES string of the molecule is CCOc1c(/C=C/C(=O)c2ccc(OCOC(=O)C(C)(C)C)cc2)cc(C(C)(C)CC)c(OCOC(=O)C(C)(C)C)c1C(C)(C)CC. The lowest BCUT2D eigenvalue weighted by Crippen LogP contribution is -2.27. The van der Waals surface area contributed by atoms with Gasteiger partial charge in [0.15, 0.2) is 5.78 Å². The van der Waals surface area contributed by atoms with Crippen LogP contribution in [0.2, 0.25) is 0 Å². The maximum atomic E-state index is 13.3. The van der Waals surface area contributed by atoms with Crippen molar-refractivity contribution in [1.29, 1.82) is 0 Å². The summed E-state index contributed by atoms with van der Waals surface area (Å²) in [6.45, 7) is 25.4. The summed E-state index contributed by atoms with van der Waals surface area (Å²) < 4.78 is 28.9. The first-order valence-electron chi connectivity index (χ1n) is 16.5. The number of rotatable bonds is 15. The highest BCUT2D eigenvalue weighted by molar-refractivity contribution is 6.07. The van der Waals surface area contributed by atoms with E-state index in [0.717, 1.165) is 29.5 Å². The first-order chi connectivity index (χ1) is 21.7. The Bertz CT molecular complexity index is 1420. The smallest absolute Gasteiger partial charge is 0.314 e. The summed E-state index contributed by atoms with van der Waals surface area (Å²) in [6.07, 6.45) is 4.93. The third kappa shape index (κ3) is 10.6. The normalized spacial score (nSPS) is 12.5. The van der Waals surface area contributed by atoms with Gasteiger partial charge < -0.3 is 23.7 Å². The minimum absolute atomic E-state index is 0.194. The van der Waals surface area contributed by atoms with E-state index in [1.54, 1.807) is 71.9 Å². The molecular formula is C39H56O8. The lowest BCUT2D eigenvalue weighted by Gasteiger charge is -2.35. The van der Waals surface area contributed by atoms with Gasteiger partial charge in [-0.1, -0.05) is 41.5 Å². The van der Waals surface area contributed by atoms with Gasteiger partial charge in [-0.2, -0.15) is 0 Å². The topological polar surface area (TPSA) is 97.4 Å². The van der Waals surface area contributed by atoms with Crippen molar-refractivity contribution in [2.75, 3.05) is 20.2 Å². The second-order valence-electron chi connectivity index (χ2n) is 15.1. The highest BCUT2D eigenvalue weighted by Gasteiger charge is 2.35. The van der Waals surface area contributed by atoms with Crippen molar-refractivity contribution in [3.05, 3.63) is 58.7 Å². The molecule has 47 heavy (non-hydrogen) atoms. The standard InChI is InChI=1S/C39H56O8/c1-14-38(10,11)29-23-27(19-22-30(40)26-17-20-28(21-18-26)44-24-46-34(41)36(4,5)6)32(43-16-3)31(39(12,13)15-2)33(29)45-25-47-35(42)37(7,8)9/h17-23H,14-16,24-25H2,1-13H3/b22-19+. The van der Waals surface area contributed by atoms with Gasteiger partial charge >= 0.3 is 11.9 Å². The van der Waals surface area contributed by atoms with Gasteiger partial charge in [-0.05, 0) is 115 Å². The van der Waals surface area contributed by atoms with Crippen molar-refractivity contribution < 1.29 is 38.1 Å². The van der Waals surface area contributed by atoms with E-state index >= 15 is 0 Å². The van der Waals surface area contributed by atoms with Crippen LogP contribution in [0.4, 0.5) is 0 Å². The Labute approximate surface area is 282 Å². The number of benzene rings is 2. The number of carbonyl (C=O) groups excluding carboxylic acids is 3. The van der Waals surface area contributed by atoms with Crippen molar-refractivity contribution in [2.45, 2.75) is 114 Å². The molecule has 0 radical (unpaired) electrons. The Balaban J connectivity index is 2.53. The molecule has 0 aliphatic carbocycles. The molecule has 2 aromatic carbocycles. The van der Waals surface area contributed by atoms with Crippen LogP contribution >= 0.6 is 0 Å². The second-order valence-corrected chi connectivity index (χ2v) is 15.1. The van der Waals surface area contributed by atoms with Gasteiger partial charge in [-0.25, -0.2) is 0 Å². The largest absolute Gasteiger partial charge is 0.493 e. The first-order valence-corrected chi connectivity index (χ1v) is 16.5. The van der Waals surface area contributed by atoms with Gasteiger partial charge in [-0.15, -0.1) is 0 Å². The molecule has 0 saturated heterocycles. The molecule has 0 atom stereocenters. The molecule has 2 aromatic rings. The summed E-state index contributed by atoms with van der Waals surface area (Å²) in [5.41, 5.74) is 1.07. The molecular weight excluding hydrogens is 596 g/mol. The highest BCUT2D eigenvalue weighted by atomic mass is 16.7. The van der Waals surface area contributed by atoms with E-state index in [4.69, 9.17) is 23.7 Å². The Morgan fingerprint density at radius 1 is 0.660 bits per heavy atom. The Hall–Kier alpha value is -3.81. The van der Waals surface area contributed by atoms with Crippen LogP contribution in [0.1, 0.15) is 130 Å². The fourth-order valence-corrected chi connectivity index (χ4v) is 4.43. The predicted octanol–water partition coefficient (Wildman–Crippen LogP) is 9.21. The molecule has 0 aliphatic heterocycles. The third-order valence-corrected chi connectivity index (χ3v) is 8.31. The maximum Gasteiger partial charge on any atom is 0.314 e. The van der Waals surface area contributed by atoms with E-state index < -0.39 is 10.8 Å². The number of ether oxygens (including phenoxy) is 5. The Kier molecular flexibility index (Phi) is 13.3. The van der Waals surface area contributed by atoms with Gasteiger partial charge in [-0.3, -0.25) is 14.4 Å². The molecule has 0 unspecified atom stereocenters. The summed E-state index contributed by atoms with van der Waals surface area (Å²) >= 11 is 0. The summed E-state index contributed by atoms with van der Waals surface area (Å²) in [5, 5.41) is 0. The monoisotopic (exact) mass is 652 g/mol. The first kappa shape index (κ1) is 39.4. The molecule has 0 aromatic heterocycles. The van der Waals surface area contributed by atoms with Crippen LogP contribution in [0.5, 0.6) is 17.2 Å². The van der Waals surface area contributed by atoms with Gasteiger partial charge in [0, 0.05) is 22.3 Å². The molecule has 260 valence electrons. The molecule has 0 saturated carbocycles. The molecule has 2 rings (SSSR count). The lowest BCUT2D eigenvalue weighted by molar-refractivity contribution is -0.160. The van der Waals surface area contributed by atoms with Crippen LogP contribution < -0.4 is 14.2 Å². The number of carbonyl (C=O) groups is 3. The Morgan fingerprint density at radius 3 is 1.64 bits per heavy atom. The van der Waals surface area contributed by atoms with E-state index in [2.05, 4.69) is 41.5 Å². The average molecular weight is 653 g/mol. The number of hydrogen-bond donors (Lipinski definition) is 0. The van der Waals surface area contributed by atoms with E-state index in [9.17, 15) is 14.4 Å². The summed E-state index contributed by atoms with van der Waals surface area (Å²) in [4.78, 5) is 37.9. The van der Waals surface area contributed by atoms with Crippen LogP contribution in [0.25, 0.3) is 6.08 Å². The molecule has 0 amide bonds. The molecule has 0 bridgehead atoms. The van der Waals surface area contributed by atoms with Crippen molar-refractivity contribution >= 4 is 23.8 Å². The minimum Gasteiger partial charge on any atom is -0.493 e. The Morgan fingerprint density at radius 2 is 1.17 bits per heavy atom. The van der Waals surface area contributed by atoms with Crippen molar-refractivity contribution in [1.82, 2.24) is 0 Å². The molecule has 0 N–H and O–H groups in total. The zero-order valence-electron chi connectivity index (χ0n) is 30.8. The van der Waals surface area contributed by atoms with E-state index in [-0.39, 0.29) is 42.1 Å². The zero-order valence-corrected chi connectivity index (χ0v) is 30.8. The number of ketones is 1. The lowest BCUT2D eigenvalue weighted by atomic mass is 9.74. The maximum absolute atomic E-state index is 13.3. The molecule has 0 aliphatic rings. The molecule has 0 spiro atoms. The fraction of sp³-hybridized carbons (Fsp3) is 0.564. The minimum atomic E-state index is -0.660. The van der Waals surface area contributed by atoms with Crippen molar-refractivity contribution in [2.24, 2.45) is 10.8 Å². The summed E-state index contributed by atoms with van der Waals surface area (Å²) in [5.74, 6) is 0.843. The second kappa shape index (κ2) is 15.9. The molecule has 0 fully saturated rings. The van der Waals surface area contributed by atoms with E-state index in [1.807, 2.05) is 13.0 Å². The summed E-state index contributed by atoms with van der Waals surface area (Å²) in [6, 6.07) is 8.69. The summed E-state index contributed by atoms with van der Waals surface area (Å²) in [7, 11) is 0. The quantitative estimate of drug-likeness (QED) is 0.0813. The third-order valence-electron chi connectivity index (χ3n) is 8.31. The number of hydrogen-bond acceptors (Lipinski definition) is 8. The zero-order chi connectivity index (χ0) is 35.8. The number of esters is 2. The average Bonchev–Trinajstić information content (AvgIpc) is 2.99. The van der Waals surface area contributed by atoms with Gasteiger partial charge in [0.1, 0.15) is 17.2 Å². The number of allylic oxidation sites excluding steroid dienone is 1.